The summed E-state index contributed by atoms with van der Waals surface area (Å²) in [6.07, 6.45) is 2.38. The van der Waals surface area contributed by atoms with Crippen molar-refractivity contribution in [2.24, 2.45) is 0 Å². The van der Waals surface area contributed by atoms with E-state index in [0.29, 0.717) is 11.6 Å². The van der Waals surface area contributed by atoms with E-state index in [1.165, 1.54) is 0 Å². The molecule has 1 aromatic heterocycles. The Morgan fingerprint density at radius 2 is 1.92 bits per heavy atom. The van der Waals surface area contributed by atoms with Gasteiger partial charge in [-0.15, -0.1) is 23.2 Å². The van der Waals surface area contributed by atoms with Gasteiger partial charge in [0.15, 0.2) is 5.60 Å². The first-order valence-electron chi connectivity index (χ1n) is 7.67. The van der Waals surface area contributed by atoms with Crippen molar-refractivity contribution in [3.05, 3.63) is 54.2 Å². The van der Waals surface area contributed by atoms with Gasteiger partial charge in [0.2, 0.25) is 0 Å². The average molecular weight is 365 g/mol. The molecule has 6 heteroatoms. The molecule has 1 N–H and O–H groups in total. The van der Waals surface area contributed by atoms with Gasteiger partial charge in [-0.3, -0.25) is 4.79 Å². The molecule has 1 fully saturated rings. The Kier molecular flexibility index (Phi) is 4.45. The van der Waals surface area contributed by atoms with Crippen molar-refractivity contribution in [1.82, 2.24) is 4.98 Å². The minimum Gasteiger partial charge on any atom is -0.478 e. The minimum atomic E-state index is -1.04. The first-order valence-corrected chi connectivity index (χ1v) is 8.43. The number of pyridine rings is 1. The molecule has 1 aliphatic rings. The van der Waals surface area contributed by atoms with Crippen molar-refractivity contribution in [1.29, 1.82) is 0 Å². The van der Waals surface area contributed by atoms with Gasteiger partial charge in [-0.05, 0) is 50.1 Å². The highest BCUT2D eigenvalue weighted by Crippen LogP contribution is 2.59. The summed E-state index contributed by atoms with van der Waals surface area (Å²) in [6.45, 7) is 3.42. The third-order valence-corrected chi connectivity index (χ3v) is 4.77. The molecule has 1 aliphatic carbocycles. The molecule has 4 nitrogen and oxygen atoms in total. The van der Waals surface area contributed by atoms with Crippen LogP contribution in [0.15, 0.2) is 48.7 Å². The molecule has 1 aromatic carbocycles. The van der Waals surface area contributed by atoms with Crippen LogP contribution in [0.25, 0.3) is 0 Å². The van der Waals surface area contributed by atoms with Gasteiger partial charge >= 0.3 is 0 Å². The number of hydrogen-bond donors (Lipinski definition) is 1. The topological polar surface area (TPSA) is 51.2 Å². The molecule has 1 heterocycles. The third-order valence-electron chi connectivity index (χ3n) is 3.93. The number of nitrogens with one attached hydrogen (secondary N) is 1. The van der Waals surface area contributed by atoms with Crippen LogP contribution in [0.3, 0.4) is 0 Å². The van der Waals surface area contributed by atoms with E-state index in [9.17, 15) is 4.79 Å². The molecule has 0 saturated heterocycles. The lowest BCUT2D eigenvalue weighted by molar-refractivity contribution is -0.128. The lowest BCUT2D eigenvalue weighted by Gasteiger charge is -2.25. The van der Waals surface area contributed by atoms with Gasteiger partial charge in [-0.25, -0.2) is 4.98 Å². The molecule has 2 aromatic rings. The molecule has 0 bridgehead atoms. The highest BCUT2D eigenvalue weighted by Gasteiger charge is 2.52. The van der Waals surface area contributed by atoms with Crippen molar-refractivity contribution >= 4 is 34.9 Å². The zero-order valence-electron chi connectivity index (χ0n) is 13.4. The summed E-state index contributed by atoms with van der Waals surface area (Å²) in [7, 11) is 0. The van der Waals surface area contributed by atoms with Gasteiger partial charge in [0.05, 0.1) is 0 Å². The number of carbonyl (C=O) groups is 1. The van der Waals surface area contributed by atoms with Crippen LogP contribution in [0.1, 0.15) is 31.7 Å². The summed E-state index contributed by atoms with van der Waals surface area (Å²) in [6, 6.07) is 12.8. The van der Waals surface area contributed by atoms with Crippen molar-refractivity contribution in [2.45, 2.75) is 36.1 Å². The molecular weight excluding hydrogens is 347 g/mol. The van der Waals surface area contributed by atoms with Crippen molar-refractivity contribution < 1.29 is 9.53 Å². The Morgan fingerprint density at radius 1 is 1.25 bits per heavy atom. The summed E-state index contributed by atoms with van der Waals surface area (Å²) in [5, 5.41) is 2.74. The molecule has 0 aliphatic heterocycles. The molecule has 0 spiro atoms. The quantitative estimate of drug-likeness (QED) is 0.792. The van der Waals surface area contributed by atoms with E-state index in [1.807, 2.05) is 24.3 Å². The SMILES string of the molecule is CC(C)(Oc1ccc([C@@H]2CC2(Cl)Cl)cc1)C(=O)Nc1ccccn1. The van der Waals surface area contributed by atoms with E-state index in [1.54, 1.807) is 38.2 Å². The van der Waals surface area contributed by atoms with Crippen LogP contribution in [-0.2, 0) is 4.79 Å². The number of benzene rings is 1. The summed E-state index contributed by atoms with van der Waals surface area (Å²) in [5.41, 5.74) is 0.0320. The van der Waals surface area contributed by atoms with Gasteiger partial charge in [-0.2, -0.15) is 0 Å². The standard InChI is InChI=1S/C18H18Cl2N2O2/c1-17(2,16(23)22-15-5-3-4-10-21-15)24-13-8-6-12(7-9-13)14-11-18(14,19)20/h3-10,14H,11H2,1-2H3,(H,21,22,23)/t14-/m0/s1. The van der Waals surface area contributed by atoms with Crippen molar-refractivity contribution in [3.8, 4) is 5.75 Å². The fourth-order valence-electron chi connectivity index (χ4n) is 2.39. The van der Waals surface area contributed by atoms with Gasteiger partial charge < -0.3 is 10.1 Å². The fourth-order valence-corrected chi connectivity index (χ4v) is 2.95. The van der Waals surface area contributed by atoms with Gasteiger partial charge in [-0.1, -0.05) is 18.2 Å². The summed E-state index contributed by atoms with van der Waals surface area (Å²) >= 11 is 12.2. The maximum Gasteiger partial charge on any atom is 0.269 e. The van der Waals surface area contributed by atoms with Gasteiger partial charge in [0.25, 0.3) is 5.91 Å². The van der Waals surface area contributed by atoms with E-state index < -0.39 is 9.93 Å². The zero-order valence-corrected chi connectivity index (χ0v) is 14.9. The number of carbonyl (C=O) groups excluding carboxylic acids is 1. The molecule has 0 unspecified atom stereocenters. The van der Waals surface area contributed by atoms with Crippen LogP contribution in [0.2, 0.25) is 0 Å². The second-order valence-electron chi connectivity index (χ2n) is 6.37. The van der Waals surface area contributed by atoms with E-state index >= 15 is 0 Å². The lowest BCUT2D eigenvalue weighted by atomic mass is 10.1. The number of hydrogen-bond acceptors (Lipinski definition) is 3. The predicted octanol–water partition coefficient (Wildman–Crippen LogP) is 4.54. The number of alkyl halides is 2. The lowest BCUT2D eigenvalue weighted by Crippen LogP contribution is -2.42. The molecule has 24 heavy (non-hydrogen) atoms. The number of halogens is 2. The van der Waals surface area contributed by atoms with Crippen LogP contribution >= 0.6 is 23.2 Å². The average Bonchev–Trinajstić information content (AvgIpc) is 3.17. The summed E-state index contributed by atoms with van der Waals surface area (Å²) in [5.74, 6) is 0.988. The number of amides is 1. The molecular formula is C18H18Cl2N2O2. The van der Waals surface area contributed by atoms with Crippen molar-refractivity contribution in [2.75, 3.05) is 5.32 Å². The van der Waals surface area contributed by atoms with E-state index in [4.69, 9.17) is 27.9 Å². The van der Waals surface area contributed by atoms with Gasteiger partial charge in [0, 0.05) is 12.1 Å². The second kappa shape index (κ2) is 6.26. The minimum absolute atomic E-state index is 0.162. The van der Waals surface area contributed by atoms with Crippen LogP contribution in [0, 0.1) is 0 Å². The predicted molar refractivity (Wildman–Crippen MR) is 95.8 cm³/mol. The monoisotopic (exact) mass is 364 g/mol. The van der Waals surface area contributed by atoms with Crippen LogP contribution < -0.4 is 10.1 Å². The first-order chi connectivity index (χ1) is 11.3. The Balaban J connectivity index is 1.64. The highest BCUT2D eigenvalue weighted by atomic mass is 35.5. The largest absolute Gasteiger partial charge is 0.478 e. The Morgan fingerprint density at radius 3 is 2.46 bits per heavy atom. The van der Waals surface area contributed by atoms with Crippen molar-refractivity contribution in [3.63, 3.8) is 0 Å². The zero-order chi connectivity index (χ0) is 17.4. The maximum absolute atomic E-state index is 12.4. The normalized spacial score (nSPS) is 18.8. The smallest absolute Gasteiger partial charge is 0.269 e. The number of aromatic nitrogens is 1. The molecule has 1 atom stereocenters. The number of rotatable bonds is 5. The van der Waals surface area contributed by atoms with E-state index in [-0.39, 0.29) is 11.8 Å². The van der Waals surface area contributed by atoms with Gasteiger partial charge in [0.1, 0.15) is 15.9 Å². The fraction of sp³-hybridized carbons (Fsp3) is 0.333. The summed E-state index contributed by atoms with van der Waals surface area (Å²) in [4.78, 5) is 16.5. The summed E-state index contributed by atoms with van der Waals surface area (Å²) < 4.78 is 5.19. The van der Waals surface area contributed by atoms with Crippen LogP contribution in [-0.4, -0.2) is 20.8 Å². The van der Waals surface area contributed by atoms with E-state index in [0.717, 1.165) is 12.0 Å². The Labute approximate surface area is 151 Å². The second-order valence-corrected chi connectivity index (χ2v) is 7.91. The highest BCUT2D eigenvalue weighted by molar-refractivity contribution is 6.51. The number of ether oxygens (including phenoxy) is 1. The molecule has 1 amide bonds. The Hall–Kier alpha value is -1.78. The molecule has 1 saturated carbocycles. The maximum atomic E-state index is 12.4. The third kappa shape index (κ3) is 3.82. The first kappa shape index (κ1) is 17.1. The molecule has 0 radical (unpaired) electrons. The van der Waals surface area contributed by atoms with E-state index in [2.05, 4.69) is 10.3 Å². The molecule has 126 valence electrons. The van der Waals surface area contributed by atoms with Crippen LogP contribution in [0.4, 0.5) is 5.82 Å². The number of anilines is 1. The number of nitrogens with zero attached hydrogens (tertiary/aromatic N) is 1. The Bertz CT molecular complexity index is 730. The molecule has 3 rings (SSSR count). The van der Waals surface area contributed by atoms with Crippen LogP contribution in [0.5, 0.6) is 5.75 Å².